The van der Waals surface area contributed by atoms with Gasteiger partial charge in [0.2, 0.25) is 0 Å². The van der Waals surface area contributed by atoms with Crippen LogP contribution in [0.1, 0.15) is 0 Å². The Morgan fingerprint density at radius 2 is 1.46 bits per heavy atom. The number of hydrogen-bond acceptors (Lipinski definition) is 3. The topological polar surface area (TPSA) is 48.4 Å². The van der Waals surface area contributed by atoms with Crippen LogP contribution in [0.2, 0.25) is 0 Å². The highest BCUT2D eigenvalue weighted by molar-refractivity contribution is 6.03. The van der Waals surface area contributed by atoms with Gasteiger partial charge in [0.15, 0.2) is 0 Å². The summed E-state index contributed by atoms with van der Waals surface area (Å²) in [5.74, 6) is 1.49. The molecular weight excluding hydrogens is 298 g/mol. The summed E-state index contributed by atoms with van der Waals surface area (Å²) in [5.41, 5.74) is 10.6. The van der Waals surface area contributed by atoms with Gasteiger partial charge in [0.25, 0.3) is 0 Å². The molecule has 24 heavy (non-hydrogen) atoms. The van der Waals surface area contributed by atoms with Crippen molar-refractivity contribution >= 4 is 16.7 Å². The van der Waals surface area contributed by atoms with E-state index in [1.165, 1.54) is 0 Å². The van der Waals surface area contributed by atoms with E-state index in [4.69, 9.17) is 14.9 Å². The van der Waals surface area contributed by atoms with Gasteiger partial charge in [-0.1, -0.05) is 60.7 Å². The summed E-state index contributed by atoms with van der Waals surface area (Å²) in [6.45, 7) is 0. The van der Waals surface area contributed by atoms with E-state index in [9.17, 15) is 0 Å². The molecule has 4 rings (SSSR count). The van der Waals surface area contributed by atoms with Crippen molar-refractivity contribution in [2.24, 2.45) is 0 Å². The third-order valence-corrected chi connectivity index (χ3v) is 4.14. The molecule has 0 saturated carbocycles. The summed E-state index contributed by atoms with van der Waals surface area (Å²) in [7, 11) is 1.62. The van der Waals surface area contributed by atoms with Crippen LogP contribution in [0.3, 0.4) is 0 Å². The molecule has 0 saturated heterocycles. The molecule has 3 aromatic carbocycles. The van der Waals surface area contributed by atoms with Crippen LogP contribution in [0.25, 0.3) is 33.4 Å². The number of methoxy groups -OCH3 is 1. The lowest BCUT2D eigenvalue weighted by Gasteiger charge is -2.06. The third kappa shape index (κ3) is 2.31. The van der Waals surface area contributed by atoms with E-state index in [0.29, 0.717) is 11.4 Å². The fourth-order valence-corrected chi connectivity index (χ4v) is 3.00. The number of fused-ring (bicyclic) bond motifs is 1. The quantitative estimate of drug-likeness (QED) is 0.518. The SMILES string of the molecule is COc1cc2c(-c3ccccc3)c(-c3ccccc3)oc2cc1N. The number of nitrogen functional groups attached to an aromatic ring is 1. The molecule has 0 aliphatic heterocycles. The lowest BCUT2D eigenvalue weighted by Crippen LogP contribution is -1.91. The molecule has 3 heteroatoms. The molecule has 2 N–H and O–H groups in total. The normalized spacial score (nSPS) is 10.9. The second-order valence-electron chi connectivity index (χ2n) is 5.63. The third-order valence-electron chi connectivity index (χ3n) is 4.14. The minimum Gasteiger partial charge on any atom is -0.495 e. The molecule has 1 heterocycles. The highest BCUT2D eigenvalue weighted by Gasteiger charge is 2.19. The Balaban J connectivity index is 2.08. The van der Waals surface area contributed by atoms with Crippen LogP contribution in [-0.4, -0.2) is 7.11 Å². The minimum atomic E-state index is 0.568. The van der Waals surface area contributed by atoms with E-state index in [2.05, 4.69) is 12.1 Å². The largest absolute Gasteiger partial charge is 0.495 e. The van der Waals surface area contributed by atoms with Crippen LogP contribution in [0.4, 0.5) is 5.69 Å². The van der Waals surface area contributed by atoms with Gasteiger partial charge < -0.3 is 14.9 Å². The van der Waals surface area contributed by atoms with Crippen LogP contribution in [-0.2, 0) is 0 Å². The maximum absolute atomic E-state index is 6.18. The van der Waals surface area contributed by atoms with Crippen molar-refractivity contribution in [2.45, 2.75) is 0 Å². The van der Waals surface area contributed by atoms with E-state index in [1.54, 1.807) is 7.11 Å². The van der Waals surface area contributed by atoms with Gasteiger partial charge in [-0.2, -0.15) is 0 Å². The van der Waals surface area contributed by atoms with Gasteiger partial charge >= 0.3 is 0 Å². The van der Waals surface area contributed by atoms with E-state index < -0.39 is 0 Å². The van der Waals surface area contributed by atoms with Gasteiger partial charge in [-0.25, -0.2) is 0 Å². The molecule has 1 aromatic heterocycles. The van der Waals surface area contributed by atoms with Gasteiger partial charge in [-0.15, -0.1) is 0 Å². The average molecular weight is 315 g/mol. The first-order valence-electron chi connectivity index (χ1n) is 7.79. The Hall–Kier alpha value is -3.20. The van der Waals surface area contributed by atoms with Crippen LogP contribution in [0.15, 0.2) is 77.2 Å². The van der Waals surface area contributed by atoms with Crippen molar-refractivity contribution in [3.63, 3.8) is 0 Å². The van der Waals surface area contributed by atoms with Gasteiger partial charge in [0.1, 0.15) is 17.1 Å². The molecule has 118 valence electrons. The highest BCUT2D eigenvalue weighted by atomic mass is 16.5. The first kappa shape index (κ1) is 14.4. The average Bonchev–Trinajstić information content (AvgIpc) is 3.00. The lowest BCUT2D eigenvalue weighted by molar-refractivity contribution is 0.417. The summed E-state index contributed by atoms with van der Waals surface area (Å²) in [5, 5.41) is 0.992. The zero-order valence-electron chi connectivity index (χ0n) is 13.3. The summed E-state index contributed by atoms with van der Waals surface area (Å²) in [4.78, 5) is 0. The zero-order chi connectivity index (χ0) is 16.5. The zero-order valence-corrected chi connectivity index (χ0v) is 13.3. The van der Waals surface area contributed by atoms with Gasteiger partial charge in [0, 0.05) is 22.6 Å². The second-order valence-corrected chi connectivity index (χ2v) is 5.63. The highest BCUT2D eigenvalue weighted by Crippen LogP contribution is 2.43. The number of furan rings is 1. The van der Waals surface area contributed by atoms with Crippen molar-refractivity contribution in [1.29, 1.82) is 0 Å². The number of anilines is 1. The van der Waals surface area contributed by atoms with Crippen molar-refractivity contribution < 1.29 is 9.15 Å². The molecule has 0 spiro atoms. The van der Waals surface area contributed by atoms with Crippen molar-refractivity contribution in [2.75, 3.05) is 12.8 Å². The molecule has 3 nitrogen and oxygen atoms in total. The van der Waals surface area contributed by atoms with Crippen LogP contribution in [0.5, 0.6) is 5.75 Å². The number of hydrogen-bond donors (Lipinski definition) is 1. The van der Waals surface area contributed by atoms with E-state index in [0.717, 1.165) is 33.4 Å². The number of nitrogens with two attached hydrogens (primary N) is 1. The monoisotopic (exact) mass is 315 g/mol. The first-order chi connectivity index (χ1) is 11.8. The molecule has 0 amide bonds. The standard InChI is InChI=1S/C21H17NO2/c1-23-19-12-16-18(13-17(19)22)24-21(15-10-6-3-7-11-15)20(16)14-8-4-2-5-9-14/h2-13H,22H2,1H3. The Morgan fingerprint density at radius 3 is 2.08 bits per heavy atom. The Labute approximate surface area is 140 Å². The Bertz CT molecular complexity index is 989. The molecular formula is C21H17NO2. The van der Waals surface area contributed by atoms with Crippen LogP contribution >= 0.6 is 0 Å². The van der Waals surface area contributed by atoms with Gasteiger partial charge in [0.05, 0.1) is 12.8 Å². The first-order valence-corrected chi connectivity index (χ1v) is 7.79. The number of rotatable bonds is 3. The van der Waals surface area contributed by atoms with Crippen molar-refractivity contribution in [1.82, 2.24) is 0 Å². The summed E-state index contributed by atoms with van der Waals surface area (Å²) in [6, 6.07) is 24.1. The number of benzene rings is 3. The van der Waals surface area contributed by atoms with Crippen molar-refractivity contribution in [3.8, 4) is 28.2 Å². The lowest BCUT2D eigenvalue weighted by atomic mass is 9.98. The molecule has 0 bridgehead atoms. The van der Waals surface area contributed by atoms with E-state index >= 15 is 0 Å². The van der Waals surface area contributed by atoms with Gasteiger partial charge in [-0.3, -0.25) is 0 Å². The molecule has 0 radical (unpaired) electrons. The van der Waals surface area contributed by atoms with Gasteiger partial charge in [-0.05, 0) is 11.6 Å². The predicted octanol–water partition coefficient (Wildman–Crippen LogP) is 5.36. The van der Waals surface area contributed by atoms with Crippen molar-refractivity contribution in [3.05, 3.63) is 72.8 Å². The van der Waals surface area contributed by atoms with Crippen LogP contribution in [0, 0.1) is 0 Å². The maximum Gasteiger partial charge on any atom is 0.143 e. The second kappa shape index (κ2) is 5.78. The van der Waals surface area contributed by atoms with E-state index in [1.807, 2.05) is 60.7 Å². The molecule has 0 fully saturated rings. The Morgan fingerprint density at radius 1 is 0.833 bits per heavy atom. The maximum atomic E-state index is 6.18. The molecule has 0 aliphatic rings. The predicted molar refractivity (Wildman–Crippen MR) is 98.1 cm³/mol. The van der Waals surface area contributed by atoms with Crippen LogP contribution < -0.4 is 10.5 Å². The van der Waals surface area contributed by atoms with E-state index in [-0.39, 0.29) is 0 Å². The molecule has 0 atom stereocenters. The number of ether oxygens (including phenoxy) is 1. The summed E-state index contributed by atoms with van der Waals surface area (Å²) < 4.78 is 11.6. The smallest absolute Gasteiger partial charge is 0.143 e. The summed E-state index contributed by atoms with van der Waals surface area (Å²) >= 11 is 0. The molecule has 0 aliphatic carbocycles. The molecule has 4 aromatic rings. The summed E-state index contributed by atoms with van der Waals surface area (Å²) in [6.07, 6.45) is 0. The fraction of sp³-hybridized carbons (Fsp3) is 0.0476. The fourth-order valence-electron chi connectivity index (χ4n) is 3.00. The minimum absolute atomic E-state index is 0.568. The Kier molecular flexibility index (Phi) is 3.47. The molecule has 0 unspecified atom stereocenters.